The van der Waals surface area contributed by atoms with Gasteiger partial charge in [-0.3, -0.25) is 9.79 Å². The van der Waals surface area contributed by atoms with Crippen LogP contribution in [0.2, 0.25) is 0 Å². The van der Waals surface area contributed by atoms with Crippen molar-refractivity contribution in [2.75, 3.05) is 12.0 Å². The SMILES string of the molecule is C[C@@]1(c2cc(NC(=O)c3ccc(F)cn3)cc(F)c2F)CC[C@](F)(CF)C(N)=N1. The molecule has 1 aliphatic heterocycles. The summed E-state index contributed by atoms with van der Waals surface area (Å²) in [4.78, 5) is 19.7. The van der Waals surface area contributed by atoms with Crippen molar-refractivity contribution in [3.05, 3.63) is 59.2 Å². The standard InChI is InChI=1S/C19H17F5N4O/c1-18(4-5-19(24,9-20)17(25)28-18)12-6-11(7-13(22)15(12)23)27-16(29)14-3-2-10(21)8-26-14/h2-3,6-8H,4-5,9H2,1H3,(H2,25,28)(H,27,29)/t18-,19-/m0/s1. The third-order valence-electron chi connectivity index (χ3n) is 4.87. The van der Waals surface area contributed by atoms with Crippen LogP contribution < -0.4 is 11.1 Å². The molecule has 1 aromatic heterocycles. The average Bonchev–Trinajstić information content (AvgIpc) is 2.68. The number of carbonyl (C=O) groups excluding carboxylic acids is 1. The number of aliphatic imine (C=N–C) groups is 1. The topological polar surface area (TPSA) is 80.4 Å². The molecule has 2 aromatic rings. The summed E-state index contributed by atoms with van der Waals surface area (Å²) in [5.74, 6) is -4.58. The molecule has 0 radical (unpaired) electrons. The van der Waals surface area contributed by atoms with Crippen LogP contribution in [-0.2, 0) is 5.54 Å². The number of nitrogens with one attached hydrogen (secondary N) is 1. The number of carbonyl (C=O) groups is 1. The number of anilines is 1. The van der Waals surface area contributed by atoms with Crippen molar-refractivity contribution >= 4 is 17.4 Å². The number of aromatic nitrogens is 1. The van der Waals surface area contributed by atoms with Crippen molar-refractivity contribution in [1.82, 2.24) is 4.98 Å². The van der Waals surface area contributed by atoms with Crippen LogP contribution in [0.3, 0.4) is 0 Å². The molecule has 154 valence electrons. The normalized spacial score (nSPS) is 24.1. The van der Waals surface area contributed by atoms with E-state index < -0.39 is 47.1 Å². The Labute approximate surface area is 162 Å². The van der Waals surface area contributed by atoms with Gasteiger partial charge in [0.15, 0.2) is 17.3 Å². The molecule has 0 unspecified atom stereocenters. The van der Waals surface area contributed by atoms with Crippen molar-refractivity contribution < 1.29 is 26.7 Å². The molecule has 2 heterocycles. The Bertz CT molecular complexity index is 981. The van der Waals surface area contributed by atoms with E-state index in [1.165, 1.54) is 6.92 Å². The van der Waals surface area contributed by atoms with E-state index in [0.29, 0.717) is 0 Å². The summed E-state index contributed by atoms with van der Waals surface area (Å²) in [5.41, 5.74) is 1.09. The Hall–Kier alpha value is -3.04. The molecule has 5 nitrogen and oxygen atoms in total. The van der Waals surface area contributed by atoms with Gasteiger partial charge >= 0.3 is 0 Å². The molecule has 29 heavy (non-hydrogen) atoms. The highest BCUT2D eigenvalue weighted by molar-refractivity contribution is 6.02. The van der Waals surface area contributed by atoms with Gasteiger partial charge in [-0.2, -0.15) is 0 Å². The number of pyridine rings is 1. The third-order valence-corrected chi connectivity index (χ3v) is 4.87. The van der Waals surface area contributed by atoms with E-state index in [4.69, 9.17) is 5.73 Å². The van der Waals surface area contributed by atoms with Crippen molar-refractivity contribution in [3.8, 4) is 0 Å². The summed E-state index contributed by atoms with van der Waals surface area (Å²) in [7, 11) is 0. The summed E-state index contributed by atoms with van der Waals surface area (Å²) >= 11 is 0. The van der Waals surface area contributed by atoms with Gasteiger partial charge < -0.3 is 11.1 Å². The maximum Gasteiger partial charge on any atom is 0.274 e. The van der Waals surface area contributed by atoms with Gasteiger partial charge in [-0.05, 0) is 38.0 Å². The van der Waals surface area contributed by atoms with Gasteiger partial charge in [0, 0.05) is 17.3 Å². The Balaban J connectivity index is 1.96. The first-order valence-corrected chi connectivity index (χ1v) is 8.61. The maximum absolute atomic E-state index is 14.5. The molecule has 1 aromatic carbocycles. The number of amides is 1. The van der Waals surface area contributed by atoms with Crippen molar-refractivity contribution in [3.63, 3.8) is 0 Å². The molecule has 0 saturated carbocycles. The van der Waals surface area contributed by atoms with E-state index in [2.05, 4.69) is 15.3 Å². The molecule has 0 saturated heterocycles. The molecule has 0 fully saturated rings. The molecule has 3 N–H and O–H groups in total. The lowest BCUT2D eigenvalue weighted by atomic mass is 9.80. The lowest BCUT2D eigenvalue weighted by Gasteiger charge is -2.36. The molecule has 0 bridgehead atoms. The molecule has 1 amide bonds. The predicted molar refractivity (Wildman–Crippen MR) is 96.5 cm³/mol. The second-order valence-electron chi connectivity index (χ2n) is 7.01. The highest BCUT2D eigenvalue weighted by Gasteiger charge is 2.45. The van der Waals surface area contributed by atoms with Crippen LogP contribution in [0.5, 0.6) is 0 Å². The molecule has 1 aliphatic rings. The molecule has 2 atom stereocenters. The summed E-state index contributed by atoms with van der Waals surface area (Å²) in [6.45, 7) is 0.0265. The Morgan fingerprint density at radius 2 is 1.97 bits per heavy atom. The van der Waals surface area contributed by atoms with Crippen LogP contribution >= 0.6 is 0 Å². The molecular weight excluding hydrogens is 395 g/mol. The number of amidine groups is 1. The first-order chi connectivity index (χ1) is 13.6. The van der Waals surface area contributed by atoms with Gasteiger partial charge in [0.05, 0.1) is 11.7 Å². The van der Waals surface area contributed by atoms with Crippen LogP contribution in [0.15, 0.2) is 35.5 Å². The van der Waals surface area contributed by atoms with Gasteiger partial charge in [0.1, 0.15) is 24.0 Å². The van der Waals surface area contributed by atoms with Crippen LogP contribution in [-0.4, -0.2) is 29.1 Å². The minimum absolute atomic E-state index is 0.118. The number of nitrogens with zero attached hydrogens (tertiary/aromatic N) is 2. The maximum atomic E-state index is 14.5. The zero-order valence-corrected chi connectivity index (χ0v) is 15.3. The minimum Gasteiger partial charge on any atom is -0.385 e. The summed E-state index contributed by atoms with van der Waals surface area (Å²) in [6, 6.07) is 4.03. The fourth-order valence-electron chi connectivity index (χ4n) is 3.08. The van der Waals surface area contributed by atoms with Gasteiger partial charge in [-0.15, -0.1) is 0 Å². The van der Waals surface area contributed by atoms with Gasteiger partial charge in [-0.25, -0.2) is 26.9 Å². The van der Waals surface area contributed by atoms with Crippen LogP contribution in [0.1, 0.15) is 35.8 Å². The van der Waals surface area contributed by atoms with Crippen molar-refractivity contribution in [2.24, 2.45) is 10.7 Å². The lowest BCUT2D eigenvalue weighted by Crippen LogP contribution is -2.48. The summed E-state index contributed by atoms with van der Waals surface area (Å²) in [5, 5.41) is 2.34. The van der Waals surface area contributed by atoms with Crippen molar-refractivity contribution in [1.29, 1.82) is 0 Å². The second kappa shape index (κ2) is 7.41. The van der Waals surface area contributed by atoms with E-state index >= 15 is 0 Å². The quantitative estimate of drug-likeness (QED) is 0.750. The largest absolute Gasteiger partial charge is 0.385 e. The fourth-order valence-corrected chi connectivity index (χ4v) is 3.08. The van der Waals surface area contributed by atoms with Crippen molar-refractivity contribution in [2.45, 2.75) is 31.0 Å². The number of alkyl halides is 2. The highest BCUT2D eigenvalue weighted by Crippen LogP contribution is 2.41. The predicted octanol–water partition coefficient (Wildman–Crippen LogP) is 3.80. The molecular formula is C19H17F5N4O. The molecule has 0 aliphatic carbocycles. The van der Waals surface area contributed by atoms with Crippen LogP contribution in [0.25, 0.3) is 0 Å². The van der Waals surface area contributed by atoms with Crippen LogP contribution in [0, 0.1) is 17.5 Å². The smallest absolute Gasteiger partial charge is 0.274 e. The molecule has 3 rings (SSSR count). The average molecular weight is 412 g/mol. The molecule has 10 heteroatoms. The summed E-state index contributed by atoms with van der Waals surface area (Å²) < 4.78 is 68.9. The minimum atomic E-state index is -2.45. The van der Waals surface area contributed by atoms with E-state index in [1.54, 1.807) is 0 Å². The number of hydrogen-bond donors (Lipinski definition) is 2. The van der Waals surface area contributed by atoms with E-state index in [9.17, 15) is 26.7 Å². The fraction of sp³-hybridized carbons (Fsp3) is 0.316. The highest BCUT2D eigenvalue weighted by atomic mass is 19.2. The van der Waals surface area contributed by atoms with Gasteiger partial charge in [0.2, 0.25) is 0 Å². The second-order valence-corrected chi connectivity index (χ2v) is 7.01. The van der Waals surface area contributed by atoms with E-state index in [0.717, 1.165) is 30.5 Å². The zero-order valence-electron chi connectivity index (χ0n) is 15.3. The monoisotopic (exact) mass is 412 g/mol. The number of halogens is 5. The number of rotatable bonds is 4. The number of hydrogen-bond acceptors (Lipinski definition) is 4. The third kappa shape index (κ3) is 3.92. The Morgan fingerprint density at radius 1 is 1.24 bits per heavy atom. The zero-order chi connectivity index (χ0) is 21.4. The first kappa shape index (κ1) is 20.7. The Kier molecular flexibility index (Phi) is 5.29. The lowest BCUT2D eigenvalue weighted by molar-refractivity contribution is 0.102. The summed E-state index contributed by atoms with van der Waals surface area (Å²) in [6.07, 6.45) is 0.327. The van der Waals surface area contributed by atoms with Gasteiger partial charge in [0.25, 0.3) is 5.91 Å². The first-order valence-electron chi connectivity index (χ1n) is 8.61. The van der Waals surface area contributed by atoms with E-state index in [-0.39, 0.29) is 29.8 Å². The van der Waals surface area contributed by atoms with Gasteiger partial charge in [-0.1, -0.05) is 0 Å². The number of nitrogens with two attached hydrogens (primary N) is 1. The number of benzene rings is 1. The van der Waals surface area contributed by atoms with Crippen LogP contribution in [0.4, 0.5) is 27.6 Å². The Morgan fingerprint density at radius 3 is 2.55 bits per heavy atom. The molecule has 0 spiro atoms. The van der Waals surface area contributed by atoms with E-state index in [1.807, 2.05) is 0 Å².